The van der Waals surface area contributed by atoms with Gasteiger partial charge >= 0.3 is 0 Å². The van der Waals surface area contributed by atoms with Gasteiger partial charge < -0.3 is 15.7 Å². The molecule has 0 radical (unpaired) electrons. The van der Waals surface area contributed by atoms with E-state index in [0.29, 0.717) is 6.54 Å². The van der Waals surface area contributed by atoms with Crippen molar-refractivity contribution in [3.05, 3.63) is 29.8 Å². The minimum atomic E-state index is 0.249. The van der Waals surface area contributed by atoms with Crippen molar-refractivity contribution in [2.45, 2.75) is 31.8 Å². The molecule has 1 heterocycles. The average molecular weight is 220 g/mol. The monoisotopic (exact) mass is 220 g/mol. The second kappa shape index (κ2) is 5.32. The smallest absolute Gasteiger partial charge is 0.0635 e. The second-order valence-corrected chi connectivity index (χ2v) is 4.40. The van der Waals surface area contributed by atoms with E-state index in [2.05, 4.69) is 29.2 Å². The molecule has 0 saturated carbocycles. The van der Waals surface area contributed by atoms with Crippen molar-refractivity contribution >= 4 is 5.69 Å². The number of hydrogen-bond acceptors (Lipinski definition) is 3. The average Bonchev–Trinajstić information content (AvgIpc) is 2.39. The Bertz CT molecular complexity index is 323. The third kappa shape index (κ3) is 2.36. The number of hydrogen-bond donors (Lipinski definition) is 2. The maximum atomic E-state index is 9.36. The van der Waals surface area contributed by atoms with Crippen molar-refractivity contribution in [1.29, 1.82) is 0 Å². The summed E-state index contributed by atoms with van der Waals surface area (Å²) in [5, 5.41) is 9.36. The number of nitrogens with zero attached hydrogens (tertiary/aromatic N) is 1. The lowest BCUT2D eigenvalue weighted by molar-refractivity contribution is 0.240. The molecule has 2 rings (SSSR count). The Morgan fingerprint density at radius 2 is 2.00 bits per heavy atom. The summed E-state index contributed by atoms with van der Waals surface area (Å²) in [7, 11) is 0. The van der Waals surface area contributed by atoms with Gasteiger partial charge in [-0.15, -0.1) is 0 Å². The molecule has 88 valence electrons. The van der Waals surface area contributed by atoms with E-state index in [-0.39, 0.29) is 12.6 Å². The van der Waals surface area contributed by atoms with Crippen LogP contribution in [0.4, 0.5) is 5.69 Å². The molecule has 3 nitrogen and oxygen atoms in total. The van der Waals surface area contributed by atoms with E-state index in [4.69, 9.17) is 5.73 Å². The predicted molar refractivity (Wildman–Crippen MR) is 66.4 cm³/mol. The molecule has 16 heavy (non-hydrogen) atoms. The summed E-state index contributed by atoms with van der Waals surface area (Å²) in [6.07, 6.45) is 3.53. The van der Waals surface area contributed by atoms with Crippen LogP contribution in [-0.4, -0.2) is 24.3 Å². The van der Waals surface area contributed by atoms with Crippen molar-refractivity contribution in [3.63, 3.8) is 0 Å². The Morgan fingerprint density at radius 1 is 1.25 bits per heavy atom. The van der Waals surface area contributed by atoms with Crippen LogP contribution < -0.4 is 10.6 Å². The molecule has 1 aromatic carbocycles. The summed E-state index contributed by atoms with van der Waals surface area (Å²) in [5.74, 6) is 0. The quantitative estimate of drug-likeness (QED) is 0.811. The molecule has 1 atom stereocenters. The molecule has 1 unspecified atom stereocenters. The zero-order valence-corrected chi connectivity index (χ0v) is 9.60. The maximum absolute atomic E-state index is 9.36. The number of rotatable bonds is 3. The van der Waals surface area contributed by atoms with Crippen LogP contribution in [-0.2, 0) is 6.54 Å². The Kier molecular flexibility index (Phi) is 3.80. The van der Waals surface area contributed by atoms with Gasteiger partial charge in [-0.25, -0.2) is 0 Å². The van der Waals surface area contributed by atoms with Crippen molar-refractivity contribution in [1.82, 2.24) is 0 Å². The standard InChI is InChI=1S/C13H20N2O/c14-9-11-4-6-12(7-5-11)15-8-2-1-3-13(15)10-16/h4-7,13,16H,1-3,8-10,14H2. The molecule has 1 aliphatic rings. The van der Waals surface area contributed by atoms with Crippen LogP contribution in [0.15, 0.2) is 24.3 Å². The first-order valence-electron chi connectivity index (χ1n) is 6.01. The normalized spacial score (nSPS) is 21.1. The topological polar surface area (TPSA) is 49.5 Å². The van der Waals surface area contributed by atoms with Gasteiger partial charge in [-0.3, -0.25) is 0 Å². The van der Waals surface area contributed by atoms with Gasteiger partial charge in [0.2, 0.25) is 0 Å². The zero-order chi connectivity index (χ0) is 11.4. The fourth-order valence-electron chi connectivity index (χ4n) is 2.35. The number of piperidine rings is 1. The predicted octanol–water partition coefficient (Wildman–Crippen LogP) is 1.50. The highest BCUT2D eigenvalue weighted by Crippen LogP contribution is 2.24. The highest BCUT2D eigenvalue weighted by atomic mass is 16.3. The van der Waals surface area contributed by atoms with Crippen LogP contribution in [0.2, 0.25) is 0 Å². The van der Waals surface area contributed by atoms with Crippen molar-refractivity contribution < 1.29 is 5.11 Å². The third-order valence-electron chi connectivity index (χ3n) is 3.34. The highest BCUT2D eigenvalue weighted by molar-refractivity contribution is 5.49. The van der Waals surface area contributed by atoms with E-state index in [1.165, 1.54) is 18.5 Å². The summed E-state index contributed by atoms with van der Waals surface area (Å²) in [6, 6.07) is 8.64. The van der Waals surface area contributed by atoms with Gasteiger partial charge in [0.15, 0.2) is 0 Å². The Hall–Kier alpha value is -1.06. The fourth-order valence-corrected chi connectivity index (χ4v) is 2.35. The Balaban J connectivity index is 2.14. The van der Waals surface area contributed by atoms with Gasteiger partial charge in [-0.2, -0.15) is 0 Å². The number of aliphatic hydroxyl groups is 1. The van der Waals surface area contributed by atoms with Gasteiger partial charge in [-0.05, 0) is 37.0 Å². The molecule has 0 amide bonds. The molecule has 1 aromatic rings. The van der Waals surface area contributed by atoms with Gasteiger partial charge in [-0.1, -0.05) is 12.1 Å². The van der Waals surface area contributed by atoms with E-state index in [9.17, 15) is 5.11 Å². The van der Waals surface area contributed by atoms with E-state index in [0.717, 1.165) is 18.5 Å². The zero-order valence-electron chi connectivity index (χ0n) is 9.60. The number of aliphatic hydroxyl groups excluding tert-OH is 1. The first kappa shape index (κ1) is 11.4. The van der Waals surface area contributed by atoms with Crippen LogP contribution in [0.25, 0.3) is 0 Å². The Morgan fingerprint density at radius 3 is 2.62 bits per heavy atom. The Labute approximate surface area is 96.9 Å². The molecule has 0 spiro atoms. The summed E-state index contributed by atoms with van der Waals surface area (Å²) in [6.45, 7) is 1.88. The van der Waals surface area contributed by atoms with Crippen molar-refractivity contribution in [2.75, 3.05) is 18.1 Å². The van der Waals surface area contributed by atoms with Crippen LogP contribution in [0.5, 0.6) is 0 Å². The molecule has 1 saturated heterocycles. The van der Waals surface area contributed by atoms with Crippen LogP contribution in [0.3, 0.4) is 0 Å². The van der Waals surface area contributed by atoms with E-state index in [1.54, 1.807) is 0 Å². The van der Waals surface area contributed by atoms with Gasteiger partial charge in [0.1, 0.15) is 0 Å². The summed E-state index contributed by atoms with van der Waals surface area (Å²) in [5.41, 5.74) is 7.94. The molecule has 1 aliphatic heterocycles. The maximum Gasteiger partial charge on any atom is 0.0635 e. The number of nitrogens with two attached hydrogens (primary N) is 1. The largest absolute Gasteiger partial charge is 0.394 e. The molecule has 3 heteroatoms. The number of benzene rings is 1. The number of anilines is 1. The van der Waals surface area contributed by atoms with Crippen LogP contribution >= 0.6 is 0 Å². The summed E-state index contributed by atoms with van der Waals surface area (Å²) >= 11 is 0. The molecular formula is C13H20N2O. The van der Waals surface area contributed by atoms with Gasteiger partial charge in [0.25, 0.3) is 0 Å². The SMILES string of the molecule is NCc1ccc(N2CCCCC2CO)cc1. The molecule has 0 bridgehead atoms. The molecule has 1 fully saturated rings. The molecule has 0 aromatic heterocycles. The van der Waals surface area contributed by atoms with Crippen LogP contribution in [0, 0.1) is 0 Å². The first-order chi connectivity index (χ1) is 7.85. The van der Waals surface area contributed by atoms with Gasteiger partial charge in [0, 0.05) is 18.8 Å². The third-order valence-corrected chi connectivity index (χ3v) is 3.34. The lowest BCUT2D eigenvalue weighted by Crippen LogP contribution is -2.41. The minimum absolute atomic E-state index is 0.249. The van der Waals surface area contributed by atoms with Gasteiger partial charge in [0.05, 0.1) is 12.6 Å². The van der Waals surface area contributed by atoms with E-state index < -0.39 is 0 Å². The lowest BCUT2D eigenvalue weighted by Gasteiger charge is -2.36. The minimum Gasteiger partial charge on any atom is -0.394 e. The van der Waals surface area contributed by atoms with E-state index in [1.807, 2.05) is 0 Å². The first-order valence-corrected chi connectivity index (χ1v) is 6.01. The van der Waals surface area contributed by atoms with Crippen molar-refractivity contribution in [3.8, 4) is 0 Å². The fraction of sp³-hybridized carbons (Fsp3) is 0.538. The summed E-state index contributed by atoms with van der Waals surface area (Å²) in [4.78, 5) is 2.31. The second-order valence-electron chi connectivity index (χ2n) is 4.40. The summed E-state index contributed by atoms with van der Waals surface area (Å²) < 4.78 is 0. The highest BCUT2D eigenvalue weighted by Gasteiger charge is 2.21. The lowest BCUT2D eigenvalue weighted by atomic mass is 10.0. The van der Waals surface area contributed by atoms with Crippen LogP contribution in [0.1, 0.15) is 24.8 Å². The van der Waals surface area contributed by atoms with Crippen molar-refractivity contribution in [2.24, 2.45) is 5.73 Å². The van der Waals surface area contributed by atoms with E-state index >= 15 is 0 Å². The molecule has 0 aliphatic carbocycles. The molecule has 3 N–H and O–H groups in total. The molecular weight excluding hydrogens is 200 g/mol.